The van der Waals surface area contributed by atoms with Gasteiger partial charge in [0.15, 0.2) is 5.65 Å². The predicted octanol–water partition coefficient (Wildman–Crippen LogP) is 6.04. The van der Waals surface area contributed by atoms with Gasteiger partial charge in [-0.2, -0.15) is 0 Å². The third-order valence-corrected chi connectivity index (χ3v) is 5.42. The molecule has 0 amide bonds. The zero-order chi connectivity index (χ0) is 22.1. The summed E-state index contributed by atoms with van der Waals surface area (Å²) in [6.45, 7) is 0. The first-order chi connectivity index (χ1) is 15.6. The number of rotatable bonds is 5. The van der Waals surface area contributed by atoms with Crippen LogP contribution in [0.2, 0.25) is 0 Å². The van der Waals surface area contributed by atoms with Crippen LogP contribution >= 0.6 is 0 Å². The van der Waals surface area contributed by atoms with Crippen LogP contribution in [0.4, 0.5) is 21.6 Å². The topological polar surface area (TPSA) is 46.0 Å². The lowest BCUT2D eigenvalue weighted by molar-refractivity contribution is 0.627. The molecule has 0 bridgehead atoms. The van der Waals surface area contributed by atoms with Crippen LogP contribution in [0.25, 0.3) is 27.8 Å². The van der Waals surface area contributed by atoms with Crippen molar-refractivity contribution < 1.29 is 4.39 Å². The molecule has 32 heavy (non-hydrogen) atoms. The molecule has 0 saturated carbocycles. The predicted molar refractivity (Wildman–Crippen MR) is 128 cm³/mol. The average molecular weight is 423 g/mol. The molecule has 5 rings (SSSR count). The fourth-order valence-corrected chi connectivity index (χ4v) is 3.77. The van der Waals surface area contributed by atoms with Crippen molar-refractivity contribution in [3.63, 3.8) is 0 Å². The Labute approximate surface area is 185 Å². The standard InChI is InChI=1S/C26H22FN5/c1-31(2)21-14-10-20(11-15-21)30-25-24-23(18-6-4-3-5-7-18)16-32(26(24)29-17-28-25)22-12-8-19(27)9-13-22/h3-17H,1-2H3,(H,28,29,30). The second-order valence-corrected chi connectivity index (χ2v) is 7.74. The maximum absolute atomic E-state index is 13.5. The number of benzene rings is 3. The lowest BCUT2D eigenvalue weighted by Gasteiger charge is -2.13. The minimum Gasteiger partial charge on any atom is -0.378 e. The van der Waals surface area contributed by atoms with Crippen LogP contribution in [0.5, 0.6) is 0 Å². The van der Waals surface area contributed by atoms with Crippen molar-refractivity contribution in [1.29, 1.82) is 0 Å². The highest BCUT2D eigenvalue weighted by Crippen LogP contribution is 2.36. The van der Waals surface area contributed by atoms with E-state index in [4.69, 9.17) is 0 Å². The van der Waals surface area contributed by atoms with E-state index in [1.165, 1.54) is 12.1 Å². The van der Waals surface area contributed by atoms with Crippen molar-refractivity contribution in [2.24, 2.45) is 0 Å². The molecule has 0 fully saturated rings. The number of hydrogen-bond acceptors (Lipinski definition) is 4. The van der Waals surface area contributed by atoms with Gasteiger partial charge in [0.1, 0.15) is 18.0 Å². The first-order valence-corrected chi connectivity index (χ1v) is 10.3. The van der Waals surface area contributed by atoms with Crippen molar-refractivity contribution >= 4 is 28.2 Å². The molecule has 3 aromatic carbocycles. The number of nitrogens with one attached hydrogen (secondary N) is 1. The van der Waals surface area contributed by atoms with E-state index >= 15 is 0 Å². The van der Waals surface area contributed by atoms with E-state index in [2.05, 4.69) is 44.5 Å². The van der Waals surface area contributed by atoms with Crippen LogP contribution in [-0.4, -0.2) is 28.6 Å². The molecule has 5 nitrogen and oxygen atoms in total. The molecule has 0 unspecified atom stereocenters. The van der Waals surface area contributed by atoms with E-state index in [0.717, 1.165) is 39.2 Å². The Morgan fingerprint density at radius 3 is 2.25 bits per heavy atom. The summed E-state index contributed by atoms with van der Waals surface area (Å²) >= 11 is 0. The van der Waals surface area contributed by atoms with E-state index in [-0.39, 0.29) is 5.82 Å². The van der Waals surface area contributed by atoms with Gasteiger partial charge in [-0.25, -0.2) is 14.4 Å². The Morgan fingerprint density at radius 1 is 0.844 bits per heavy atom. The summed E-state index contributed by atoms with van der Waals surface area (Å²) in [7, 11) is 4.03. The molecule has 0 radical (unpaired) electrons. The minimum atomic E-state index is -0.272. The van der Waals surface area contributed by atoms with Gasteiger partial charge in [-0.3, -0.25) is 0 Å². The molecule has 0 spiro atoms. The number of hydrogen-bond donors (Lipinski definition) is 1. The summed E-state index contributed by atoms with van der Waals surface area (Å²) in [5, 5.41) is 4.36. The zero-order valence-electron chi connectivity index (χ0n) is 17.8. The SMILES string of the molecule is CN(C)c1ccc(Nc2ncnc3c2c(-c2ccccc2)cn3-c2ccc(F)cc2)cc1. The minimum absolute atomic E-state index is 0.272. The lowest BCUT2D eigenvalue weighted by atomic mass is 10.1. The maximum atomic E-state index is 13.5. The highest BCUT2D eigenvalue weighted by atomic mass is 19.1. The second kappa shape index (κ2) is 8.15. The third-order valence-electron chi connectivity index (χ3n) is 5.42. The summed E-state index contributed by atoms with van der Waals surface area (Å²) in [6, 6.07) is 24.7. The summed E-state index contributed by atoms with van der Waals surface area (Å²) in [5.74, 6) is 0.443. The lowest BCUT2D eigenvalue weighted by Crippen LogP contribution is -2.08. The Balaban J connectivity index is 1.67. The second-order valence-electron chi connectivity index (χ2n) is 7.74. The highest BCUT2D eigenvalue weighted by molar-refractivity contribution is 6.03. The van der Waals surface area contributed by atoms with Gasteiger partial charge in [0, 0.05) is 42.9 Å². The van der Waals surface area contributed by atoms with Crippen LogP contribution < -0.4 is 10.2 Å². The van der Waals surface area contributed by atoms with Gasteiger partial charge in [0.05, 0.1) is 5.39 Å². The molecule has 2 heterocycles. The molecule has 0 aliphatic carbocycles. The number of fused-ring (bicyclic) bond motifs is 1. The van der Waals surface area contributed by atoms with Gasteiger partial charge in [-0.05, 0) is 54.1 Å². The first kappa shape index (κ1) is 19.8. The van der Waals surface area contributed by atoms with E-state index < -0.39 is 0 Å². The largest absolute Gasteiger partial charge is 0.378 e. The van der Waals surface area contributed by atoms with Crippen molar-refractivity contribution in [1.82, 2.24) is 14.5 Å². The first-order valence-electron chi connectivity index (χ1n) is 10.3. The van der Waals surface area contributed by atoms with Crippen molar-refractivity contribution in [2.75, 3.05) is 24.3 Å². The fourth-order valence-electron chi connectivity index (χ4n) is 3.77. The van der Waals surface area contributed by atoms with E-state index in [0.29, 0.717) is 5.82 Å². The average Bonchev–Trinajstić information content (AvgIpc) is 3.21. The van der Waals surface area contributed by atoms with Crippen molar-refractivity contribution in [3.05, 3.63) is 97.2 Å². The summed E-state index contributed by atoms with van der Waals surface area (Å²) < 4.78 is 15.5. The summed E-state index contributed by atoms with van der Waals surface area (Å²) in [4.78, 5) is 11.2. The maximum Gasteiger partial charge on any atom is 0.150 e. The molecule has 0 atom stereocenters. The van der Waals surface area contributed by atoms with Crippen LogP contribution in [0.15, 0.2) is 91.4 Å². The van der Waals surface area contributed by atoms with Gasteiger partial charge >= 0.3 is 0 Å². The van der Waals surface area contributed by atoms with Gasteiger partial charge in [-0.1, -0.05) is 30.3 Å². The van der Waals surface area contributed by atoms with Crippen molar-refractivity contribution in [3.8, 4) is 16.8 Å². The Hall–Kier alpha value is -4.19. The molecule has 0 aliphatic rings. The molecule has 158 valence electrons. The third kappa shape index (κ3) is 3.67. The molecule has 0 aliphatic heterocycles. The van der Waals surface area contributed by atoms with Crippen molar-refractivity contribution in [2.45, 2.75) is 0 Å². The number of halogens is 1. The summed E-state index contributed by atoms with van der Waals surface area (Å²) in [6.07, 6.45) is 3.58. The van der Waals surface area contributed by atoms with E-state index in [9.17, 15) is 4.39 Å². The van der Waals surface area contributed by atoms with Crippen LogP contribution in [0, 0.1) is 5.82 Å². The van der Waals surface area contributed by atoms with Crippen LogP contribution in [0.1, 0.15) is 0 Å². The monoisotopic (exact) mass is 423 g/mol. The van der Waals surface area contributed by atoms with Gasteiger partial charge in [0.2, 0.25) is 0 Å². The fraction of sp³-hybridized carbons (Fsp3) is 0.0769. The van der Waals surface area contributed by atoms with Crippen LogP contribution in [-0.2, 0) is 0 Å². The quantitative estimate of drug-likeness (QED) is 0.375. The van der Waals surface area contributed by atoms with E-state index in [1.54, 1.807) is 18.5 Å². The molecular weight excluding hydrogens is 401 g/mol. The number of aromatic nitrogens is 3. The van der Waals surface area contributed by atoms with Crippen LogP contribution in [0.3, 0.4) is 0 Å². The number of anilines is 3. The molecule has 0 saturated heterocycles. The molecule has 1 N–H and O–H groups in total. The molecular formula is C26H22FN5. The molecule has 2 aromatic heterocycles. The number of nitrogens with zero attached hydrogens (tertiary/aromatic N) is 4. The smallest absolute Gasteiger partial charge is 0.150 e. The van der Waals surface area contributed by atoms with E-state index in [1.807, 2.05) is 55.2 Å². The van der Waals surface area contributed by atoms with Gasteiger partial charge in [0.25, 0.3) is 0 Å². The van der Waals surface area contributed by atoms with Gasteiger partial charge in [-0.15, -0.1) is 0 Å². The Kier molecular flexibility index (Phi) is 5.03. The Morgan fingerprint density at radius 2 is 1.56 bits per heavy atom. The highest BCUT2D eigenvalue weighted by Gasteiger charge is 2.17. The normalized spacial score (nSPS) is 11.0. The molecule has 6 heteroatoms. The zero-order valence-corrected chi connectivity index (χ0v) is 17.8. The Bertz CT molecular complexity index is 1360. The van der Waals surface area contributed by atoms with Gasteiger partial charge < -0.3 is 14.8 Å². The molecule has 5 aromatic rings. The summed E-state index contributed by atoms with van der Waals surface area (Å²) in [5.41, 5.74) is 5.69.